The minimum absolute atomic E-state index is 0.0185. The van der Waals surface area contributed by atoms with Gasteiger partial charge in [-0.05, 0) is 64.0 Å². The molecule has 33 heavy (non-hydrogen) atoms. The number of nitrogen functional groups attached to an aromatic ring is 1. The fourth-order valence-corrected chi connectivity index (χ4v) is 4.00. The fourth-order valence-electron chi connectivity index (χ4n) is 4.00. The molecule has 5 rings (SSSR count). The van der Waals surface area contributed by atoms with E-state index in [4.69, 9.17) is 10.8 Å². The van der Waals surface area contributed by atoms with Crippen molar-refractivity contribution in [3.8, 4) is 11.3 Å². The molecule has 174 valence electrons. The number of hydrogen-bond donors (Lipinski definition) is 2. The highest BCUT2D eigenvalue weighted by molar-refractivity contribution is 5.94. The van der Waals surface area contributed by atoms with Gasteiger partial charge in [0.1, 0.15) is 0 Å². The van der Waals surface area contributed by atoms with Crippen molar-refractivity contribution in [1.82, 2.24) is 24.4 Å². The van der Waals surface area contributed by atoms with Crippen molar-refractivity contribution in [3.63, 3.8) is 0 Å². The molecule has 1 saturated carbocycles. The first-order chi connectivity index (χ1) is 15.8. The normalized spacial score (nSPS) is 18.2. The number of piperidine rings is 1. The zero-order valence-electron chi connectivity index (χ0n) is 19.0. The average molecular weight is 451 g/mol. The number of aliphatic carboxylic acids is 1. The second-order valence-electron chi connectivity index (χ2n) is 8.85. The van der Waals surface area contributed by atoms with E-state index in [0.717, 1.165) is 50.0 Å². The van der Waals surface area contributed by atoms with Crippen molar-refractivity contribution < 1.29 is 14.7 Å². The Kier molecular flexibility index (Phi) is 6.60. The number of likely N-dealkylation sites (N-methyl/N-ethyl adjacent to an activating group) is 1. The molecule has 2 aromatic heterocycles. The first-order valence-corrected chi connectivity index (χ1v) is 11.2. The van der Waals surface area contributed by atoms with Crippen LogP contribution in [0.1, 0.15) is 36.0 Å². The highest BCUT2D eigenvalue weighted by atomic mass is 16.4. The van der Waals surface area contributed by atoms with E-state index in [1.807, 2.05) is 47.4 Å². The van der Waals surface area contributed by atoms with Crippen LogP contribution in [0.5, 0.6) is 0 Å². The summed E-state index contributed by atoms with van der Waals surface area (Å²) < 4.78 is 1.72. The van der Waals surface area contributed by atoms with Crippen LogP contribution in [0.25, 0.3) is 16.9 Å². The van der Waals surface area contributed by atoms with Gasteiger partial charge in [-0.25, -0.2) is 4.52 Å². The molecule has 1 saturated heterocycles. The zero-order valence-corrected chi connectivity index (χ0v) is 19.0. The summed E-state index contributed by atoms with van der Waals surface area (Å²) in [5.74, 6) is -0.272. The maximum Gasteiger partial charge on any atom is 0.306 e. The van der Waals surface area contributed by atoms with E-state index in [1.165, 1.54) is 0 Å². The summed E-state index contributed by atoms with van der Waals surface area (Å²) >= 11 is 0. The van der Waals surface area contributed by atoms with Crippen LogP contribution in [0.2, 0.25) is 0 Å². The second kappa shape index (κ2) is 9.58. The standard InChI is InChI=1S/C20H24N6O.C4H6O2/c1-24(2)16-5-4-12-25(13-16)19(27)15-10-8-14(9-11-15)17-6-3-7-18-22-20(21)23-26(17)18;5-4(6)3-1-2-3/h3,6-11,16H,4-5,12-13H2,1-2H3,(H2,21,23);3H,1-2H2,(H,5,6). The van der Waals surface area contributed by atoms with Crippen LogP contribution in [0.15, 0.2) is 42.5 Å². The van der Waals surface area contributed by atoms with Gasteiger partial charge in [-0.2, -0.15) is 4.98 Å². The highest BCUT2D eigenvalue weighted by Crippen LogP contribution is 2.28. The van der Waals surface area contributed by atoms with Gasteiger partial charge in [-0.3, -0.25) is 9.59 Å². The Hall–Kier alpha value is -3.46. The summed E-state index contributed by atoms with van der Waals surface area (Å²) in [6, 6.07) is 13.9. The van der Waals surface area contributed by atoms with Crippen LogP contribution in [-0.4, -0.2) is 74.6 Å². The Morgan fingerprint density at radius 1 is 1.09 bits per heavy atom. The fraction of sp³-hybridized carbons (Fsp3) is 0.417. The lowest BCUT2D eigenvalue weighted by Gasteiger charge is -2.36. The maximum atomic E-state index is 12.9. The number of amides is 1. The number of fused-ring (bicyclic) bond motifs is 1. The molecule has 2 fully saturated rings. The van der Waals surface area contributed by atoms with Gasteiger partial charge in [0, 0.05) is 30.3 Å². The van der Waals surface area contributed by atoms with Crippen molar-refractivity contribution in [2.45, 2.75) is 31.7 Å². The quantitative estimate of drug-likeness (QED) is 0.627. The summed E-state index contributed by atoms with van der Waals surface area (Å²) in [5, 5.41) is 12.3. The number of pyridine rings is 1. The molecular weight excluding hydrogens is 420 g/mol. The topological polar surface area (TPSA) is 117 Å². The summed E-state index contributed by atoms with van der Waals surface area (Å²) in [6.07, 6.45) is 3.98. The van der Waals surface area contributed by atoms with Gasteiger partial charge in [0.15, 0.2) is 5.65 Å². The molecule has 3 aromatic rings. The molecule has 0 radical (unpaired) electrons. The molecular formula is C24H30N6O3. The van der Waals surface area contributed by atoms with Gasteiger partial charge in [0.05, 0.1) is 11.6 Å². The molecule has 1 unspecified atom stereocenters. The molecule has 1 aromatic carbocycles. The van der Waals surface area contributed by atoms with E-state index in [2.05, 4.69) is 29.1 Å². The van der Waals surface area contributed by atoms with Crippen LogP contribution in [-0.2, 0) is 4.79 Å². The number of carboxylic acid groups (broad SMARTS) is 1. The lowest BCUT2D eigenvalue weighted by molar-refractivity contribution is -0.138. The number of carbonyl (C=O) groups excluding carboxylic acids is 1. The number of nitrogens with zero attached hydrogens (tertiary/aromatic N) is 5. The number of carboxylic acids is 1. The van der Waals surface area contributed by atoms with Crippen molar-refractivity contribution >= 4 is 23.5 Å². The van der Waals surface area contributed by atoms with Gasteiger partial charge >= 0.3 is 5.97 Å². The van der Waals surface area contributed by atoms with E-state index in [1.54, 1.807) is 4.52 Å². The van der Waals surface area contributed by atoms with Crippen molar-refractivity contribution in [2.75, 3.05) is 32.9 Å². The van der Waals surface area contributed by atoms with Gasteiger partial charge in [-0.15, -0.1) is 5.10 Å². The number of anilines is 1. The van der Waals surface area contributed by atoms with Crippen molar-refractivity contribution in [2.24, 2.45) is 5.92 Å². The molecule has 0 spiro atoms. The van der Waals surface area contributed by atoms with Gasteiger partial charge in [0.25, 0.3) is 5.91 Å². The summed E-state index contributed by atoms with van der Waals surface area (Å²) in [4.78, 5) is 31.0. The summed E-state index contributed by atoms with van der Waals surface area (Å²) in [7, 11) is 4.15. The summed E-state index contributed by atoms with van der Waals surface area (Å²) in [5.41, 5.74) is 8.99. The van der Waals surface area contributed by atoms with Crippen LogP contribution in [0.4, 0.5) is 5.95 Å². The van der Waals surface area contributed by atoms with E-state index < -0.39 is 5.97 Å². The van der Waals surface area contributed by atoms with Gasteiger partial charge in [-0.1, -0.05) is 18.2 Å². The first kappa shape index (κ1) is 22.7. The Morgan fingerprint density at radius 3 is 2.42 bits per heavy atom. The van der Waals surface area contributed by atoms with Crippen molar-refractivity contribution in [1.29, 1.82) is 0 Å². The van der Waals surface area contributed by atoms with Crippen LogP contribution >= 0.6 is 0 Å². The van der Waals surface area contributed by atoms with Crippen LogP contribution in [0, 0.1) is 5.92 Å². The number of carbonyl (C=O) groups is 2. The summed E-state index contributed by atoms with van der Waals surface area (Å²) in [6.45, 7) is 1.60. The molecule has 0 bridgehead atoms. The van der Waals surface area contributed by atoms with Gasteiger partial charge < -0.3 is 20.6 Å². The lowest BCUT2D eigenvalue weighted by Crippen LogP contribution is -2.47. The van der Waals surface area contributed by atoms with E-state index in [0.29, 0.717) is 17.3 Å². The third-order valence-corrected chi connectivity index (χ3v) is 6.14. The first-order valence-electron chi connectivity index (χ1n) is 11.2. The average Bonchev–Trinajstić information content (AvgIpc) is 3.60. The SMILES string of the molecule is CN(C)C1CCCN(C(=O)c2ccc(-c3cccc4nc(N)nn34)cc2)C1.O=C(O)C1CC1. The molecule has 3 N–H and O–H groups in total. The van der Waals surface area contributed by atoms with E-state index in [9.17, 15) is 9.59 Å². The second-order valence-corrected chi connectivity index (χ2v) is 8.85. The maximum absolute atomic E-state index is 12.9. The largest absolute Gasteiger partial charge is 0.481 e. The van der Waals surface area contributed by atoms with E-state index >= 15 is 0 Å². The number of rotatable bonds is 4. The third-order valence-electron chi connectivity index (χ3n) is 6.14. The minimum Gasteiger partial charge on any atom is -0.481 e. The smallest absolute Gasteiger partial charge is 0.306 e. The zero-order chi connectivity index (χ0) is 23.5. The lowest BCUT2D eigenvalue weighted by atomic mass is 10.0. The molecule has 3 heterocycles. The molecule has 9 nitrogen and oxygen atoms in total. The van der Waals surface area contributed by atoms with E-state index in [-0.39, 0.29) is 17.8 Å². The minimum atomic E-state index is -0.630. The number of hydrogen-bond acceptors (Lipinski definition) is 6. The molecule has 1 atom stereocenters. The Balaban J connectivity index is 0.000000376. The number of nitrogens with two attached hydrogens (primary N) is 1. The predicted octanol–water partition coefficient (Wildman–Crippen LogP) is 2.63. The monoisotopic (exact) mass is 450 g/mol. The molecule has 1 aliphatic carbocycles. The molecule has 1 aliphatic heterocycles. The third kappa shape index (κ3) is 5.31. The number of benzene rings is 1. The van der Waals surface area contributed by atoms with Crippen LogP contribution in [0.3, 0.4) is 0 Å². The molecule has 1 amide bonds. The van der Waals surface area contributed by atoms with Gasteiger partial charge in [0.2, 0.25) is 5.95 Å². The van der Waals surface area contributed by atoms with Crippen molar-refractivity contribution in [3.05, 3.63) is 48.0 Å². The Bertz CT molecular complexity index is 1140. The highest BCUT2D eigenvalue weighted by Gasteiger charge is 2.28. The number of likely N-dealkylation sites (tertiary alicyclic amines) is 1. The number of aromatic nitrogens is 3. The Morgan fingerprint density at radius 2 is 1.82 bits per heavy atom. The molecule has 2 aliphatic rings. The Labute approximate surface area is 192 Å². The molecule has 9 heteroatoms. The predicted molar refractivity (Wildman–Crippen MR) is 126 cm³/mol. The van der Waals surface area contributed by atoms with Crippen LogP contribution < -0.4 is 5.73 Å².